The van der Waals surface area contributed by atoms with E-state index in [1.165, 1.54) is 12.8 Å². The van der Waals surface area contributed by atoms with Crippen molar-refractivity contribution >= 4 is 33.4 Å². The SMILES string of the molecule is CCCCCCOc1ccc(C(=O)Nc2ccc(C(=O)NCc3ccco3)cc2)cc1Br. The fourth-order valence-corrected chi connectivity index (χ4v) is 3.55. The fraction of sp³-hybridized carbons (Fsp3) is 0.280. The molecule has 0 atom stereocenters. The number of hydrogen-bond acceptors (Lipinski definition) is 4. The van der Waals surface area contributed by atoms with Crippen LogP contribution in [0.2, 0.25) is 0 Å². The number of ether oxygens (including phenoxy) is 1. The van der Waals surface area contributed by atoms with E-state index in [-0.39, 0.29) is 11.8 Å². The summed E-state index contributed by atoms with van der Waals surface area (Å²) in [5.41, 5.74) is 1.61. The van der Waals surface area contributed by atoms with Crippen molar-refractivity contribution < 1.29 is 18.7 Å². The molecule has 7 heteroatoms. The highest BCUT2D eigenvalue weighted by Crippen LogP contribution is 2.27. The average molecular weight is 499 g/mol. The van der Waals surface area contributed by atoms with E-state index in [1.54, 1.807) is 60.9 Å². The molecule has 0 bridgehead atoms. The van der Waals surface area contributed by atoms with E-state index in [2.05, 4.69) is 33.5 Å². The third-order valence-electron chi connectivity index (χ3n) is 4.86. The number of halogens is 1. The maximum absolute atomic E-state index is 12.6. The maximum Gasteiger partial charge on any atom is 0.255 e. The minimum Gasteiger partial charge on any atom is -0.492 e. The molecule has 168 valence electrons. The van der Waals surface area contributed by atoms with Gasteiger partial charge in [-0.3, -0.25) is 9.59 Å². The molecule has 0 fully saturated rings. The van der Waals surface area contributed by atoms with Gasteiger partial charge in [-0.1, -0.05) is 26.2 Å². The number of benzene rings is 2. The van der Waals surface area contributed by atoms with Crippen LogP contribution < -0.4 is 15.4 Å². The van der Waals surface area contributed by atoms with Crippen molar-refractivity contribution in [2.24, 2.45) is 0 Å². The summed E-state index contributed by atoms with van der Waals surface area (Å²) < 4.78 is 11.7. The molecule has 0 saturated carbocycles. The van der Waals surface area contributed by atoms with E-state index in [0.717, 1.165) is 23.1 Å². The Balaban J connectivity index is 1.51. The van der Waals surface area contributed by atoms with Gasteiger partial charge in [0.2, 0.25) is 0 Å². The lowest BCUT2D eigenvalue weighted by atomic mass is 10.1. The van der Waals surface area contributed by atoms with E-state index < -0.39 is 0 Å². The van der Waals surface area contributed by atoms with Gasteiger partial charge in [-0.25, -0.2) is 0 Å². The molecule has 32 heavy (non-hydrogen) atoms. The van der Waals surface area contributed by atoms with Crippen LogP contribution in [0.4, 0.5) is 5.69 Å². The lowest BCUT2D eigenvalue weighted by molar-refractivity contribution is 0.0947. The summed E-state index contributed by atoms with van der Waals surface area (Å²) in [6.07, 6.45) is 6.13. The van der Waals surface area contributed by atoms with Crippen LogP contribution >= 0.6 is 15.9 Å². The third-order valence-corrected chi connectivity index (χ3v) is 5.48. The van der Waals surface area contributed by atoms with Gasteiger partial charge in [0.15, 0.2) is 0 Å². The Hall–Kier alpha value is -3.06. The zero-order valence-electron chi connectivity index (χ0n) is 18.0. The Bertz CT molecular complexity index is 1020. The first-order valence-corrected chi connectivity index (χ1v) is 11.5. The Morgan fingerprint density at radius 3 is 2.44 bits per heavy atom. The first-order chi connectivity index (χ1) is 15.6. The number of furan rings is 1. The van der Waals surface area contributed by atoms with Gasteiger partial charge in [0.1, 0.15) is 11.5 Å². The molecule has 2 N–H and O–H groups in total. The summed E-state index contributed by atoms with van der Waals surface area (Å²) in [4.78, 5) is 24.8. The smallest absolute Gasteiger partial charge is 0.255 e. The van der Waals surface area contributed by atoms with E-state index in [1.807, 2.05) is 0 Å². The number of anilines is 1. The first-order valence-electron chi connectivity index (χ1n) is 10.7. The number of carbonyl (C=O) groups excluding carboxylic acids is 2. The second kappa shape index (κ2) is 12.1. The normalized spacial score (nSPS) is 10.6. The van der Waals surface area contributed by atoms with E-state index in [9.17, 15) is 9.59 Å². The lowest BCUT2D eigenvalue weighted by Gasteiger charge is -2.10. The quantitative estimate of drug-likeness (QED) is 0.309. The van der Waals surface area contributed by atoms with Crippen LogP contribution in [0.5, 0.6) is 5.75 Å². The van der Waals surface area contributed by atoms with Gasteiger partial charge in [0.05, 0.1) is 23.9 Å². The summed E-state index contributed by atoms with van der Waals surface area (Å²) in [6, 6.07) is 15.6. The van der Waals surface area contributed by atoms with Gasteiger partial charge in [-0.05, 0) is 76.9 Å². The molecule has 0 aliphatic carbocycles. The molecule has 0 aliphatic heterocycles. The average Bonchev–Trinajstić information content (AvgIpc) is 3.32. The van der Waals surface area contributed by atoms with Crippen molar-refractivity contribution in [3.8, 4) is 5.75 Å². The maximum atomic E-state index is 12.6. The number of hydrogen-bond donors (Lipinski definition) is 2. The molecule has 2 aromatic carbocycles. The molecule has 1 aromatic heterocycles. The number of unbranched alkanes of at least 4 members (excludes halogenated alkanes) is 3. The largest absolute Gasteiger partial charge is 0.492 e. The van der Waals surface area contributed by atoms with E-state index in [4.69, 9.17) is 9.15 Å². The van der Waals surface area contributed by atoms with Crippen LogP contribution in [0.1, 0.15) is 59.1 Å². The molecule has 3 rings (SSSR count). The lowest BCUT2D eigenvalue weighted by Crippen LogP contribution is -2.22. The van der Waals surface area contributed by atoms with E-state index in [0.29, 0.717) is 35.7 Å². The van der Waals surface area contributed by atoms with Gasteiger partial charge in [-0.15, -0.1) is 0 Å². The van der Waals surface area contributed by atoms with Crippen molar-refractivity contribution in [1.29, 1.82) is 0 Å². The number of carbonyl (C=O) groups is 2. The molecule has 3 aromatic rings. The van der Waals surface area contributed by atoms with E-state index >= 15 is 0 Å². The van der Waals surface area contributed by atoms with Crippen molar-refractivity contribution in [3.63, 3.8) is 0 Å². The summed E-state index contributed by atoms with van der Waals surface area (Å²) >= 11 is 3.48. The molecular formula is C25H27BrN2O4. The van der Waals surface area contributed by atoms with Crippen molar-refractivity contribution in [2.45, 2.75) is 39.2 Å². The second-order valence-electron chi connectivity index (χ2n) is 7.35. The highest BCUT2D eigenvalue weighted by atomic mass is 79.9. The Kier molecular flexibility index (Phi) is 8.92. The Labute approximate surface area is 196 Å². The van der Waals surface area contributed by atoms with Crippen LogP contribution in [-0.2, 0) is 6.54 Å². The summed E-state index contributed by atoms with van der Waals surface area (Å²) in [6.45, 7) is 3.15. The monoisotopic (exact) mass is 498 g/mol. The van der Waals surface area contributed by atoms with Gasteiger partial charge < -0.3 is 19.8 Å². The van der Waals surface area contributed by atoms with Crippen molar-refractivity contribution in [2.75, 3.05) is 11.9 Å². The summed E-state index contributed by atoms with van der Waals surface area (Å²) in [7, 11) is 0. The minimum absolute atomic E-state index is 0.214. The molecule has 0 saturated heterocycles. The van der Waals surface area contributed by atoms with Crippen LogP contribution in [0, 0.1) is 0 Å². The summed E-state index contributed by atoms with van der Waals surface area (Å²) in [5, 5.41) is 5.63. The zero-order chi connectivity index (χ0) is 22.8. The van der Waals surface area contributed by atoms with Crippen LogP contribution in [0.25, 0.3) is 0 Å². The highest BCUT2D eigenvalue weighted by molar-refractivity contribution is 9.10. The molecule has 0 spiro atoms. The number of amides is 2. The number of rotatable bonds is 11. The molecule has 2 amide bonds. The standard InChI is InChI=1S/C25H27BrN2O4/c1-2-3-4-5-14-32-23-13-10-19(16-22(23)26)25(30)28-20-11-8-18(9-12-20)24(29)27-17-21-7-6-15-31-21/h6-13,15-16H,2-5,14,17H2,1H3,(H,27,29)(H,28,30). The third kappa shape index (κ3) is 6.99. The molecule has 0 unspecified atom stereocenters. The van der Waals surface area contributed by atoms with Gasteiger partial charge >= 0.3 is 0 Å². The fourth-order valence-electron chi connectivity index (χ4n) is 3.06. The van der Waals surface area contributed by atoms with Crippen LogP contribution in [-0.4, -0.2) is 18.4 Å². The highest BCUT2D eigenvalue weighted by Gasteiger charge is 2.11. The van der Waals surface area contributed by atoms with Gasteiger partial charge in [0.25, 0.3) is 11.8 Å². The van der Waals surface area contributed by atoms with Gasteiger partial charge in [0, 0.05) is 16.8 Å². The van der Waals surface area contributed by atoms with Crippen LogP contribution in [0.3, 0.4) is 0 Å². The predicted molar refractivity (Wildman–Crippen MR) is 128 cm³/mol. The first kappa shape index (κ1) is 23.6. The molecule has 0 aliphatic rings. The zero-order valence-corrected chi connectivity index (χ0v) is 19.6. The molecule has 1 heterocycles. The topological polar surface area (TPSA) is 80.6 Å². The van der Waals surface area contributed by atoms with Crippen molar-refractivity contribution in [1.82, 2.24) is 5.32 Å². The Morgan fingerprint density at radius 1 is 0.969 bits per heavy atom. The van der Waals surface area contributed by atoms with Crippen LogP contribution in [0.15, 0.2) is 69.8 Å². The molecule has 0 radical (unpaired) electrons. The number of nitrogens with one attached hydrogen (secondary N) is 2. The molecule has 6 nitrogen and oxygen atoms in total. The molecular weight excluding hydrogens is 472 g/mol. The predicted octanol–water partition coefficient (Wildman–Crippen LogP) is 6.18. The minimum atomic E-state index is -0.241. The van der Waals surface area contributed by atoms with Crippen molar-refractivity contribution in [3.05, 3.63) is 82.2 Å². The Morgan fingerprint density at radius 2 is 1.75 bits per heavy atom. The second-order valence-corrected chi connectivity index (χ2v) is 8.20. The van der Waals surface area contributed by atoms with Gasteiger partial charge in [-0.2, -0.15) is 0 Å². The summed E-state index contributed by atoms with van der Waals surface area (Å²) in [5.74, 6) is 0.952.